The van der Waals surface area contributed by atoms with Gasteiger partial charge >= 0.3 is 6.09 Å². The number of ether oxygens (including phenoxy) is 1. The molecule has 0 spiro atoms. The van der Waals surface area contributed by atoms with E-state index in [1.54, 1.807) is 4.90 Å². The van der Waals surface area contributed by atoms with Crippen molar-refractivity contribution in [1.82, 2.24) is 10.2 Å². The highest BCUT2D eigenvalue weighted by molar-refractivity contribution is 5.76. The van der Waals surface area contributed by atoms with Crippen LogP contribution in [0, 0.1) is 5.92 Å². The lowest BCUT2D eigenvalue weighted by molar-refractivity contribution is -0.123. The van der Waals surface area contributed by atoms with E-state index in [4.69, 9.17) is 4.74 Å². The lowest BCUT2D eigenvalue weighted by Gasteiger charge is -2.34. The fourth-order valence-electron chi connectivity index (χ4n) is 3.52. The van der Waals surface area contributed by atoms with Gasteiger partial charge in [-0.05, 0) is 52.4 Å². The minimum atomic E-state index is -0.470. The molecule has 1 heterocycles. The van der Waals surface area contributed by atoms with Gasteiger partial charge in [0.25, 0.3) is 0 Å². The summed E-state index contributed by atoms with van der Waals surface area (Å²) in [7, 11) is 0. The largest absolute Gasteiger partial charge is 0.444 e. The first-order valence-corrected chi connectivity index (χ1v) is 9.11. The van der Waals surface area contributed by atoms with Crippen LogP contribution in [0.5, 0.6) is 0 Å². The second-order valence-corrected chi connectivity index (χ2v) is 8.04. The number of amides is 2. The molecular formula is C18H32N2O3. The quantitative estimate of drug-likeness (QED) is 0.865. The molecular weight excluding hydrogens is 292 g/mol. The summed E-state index contributed by atoms with van der Waals surface area (Å²) in [5, 5.41) is 3.17. The minimum Gasteiger partial charge on any atom is -0.444 e. The van der Waals surface area contributed by atoms with E-state index in [1.165, 1.54) is 19.3 Å². The molecule has 5 heteroatoms. The SMILES string of the molecule is CC(C)(C)OC(=O)N1CCCC(CC(=O)NC2CCCCC2)C1. The molecule has 0 radical (unpaired) electrons. The van der Waals surface area contributed by atoms with Crippen LogP contribution < -0.4 is 5.32 Å². The second-order valence-electron chi connectivity index (χ2n) is 8.04. The van der Waals surface area contributed by atoms with Crippen molar-refractivity contribution in [3.63, 3.8) is 0 Å². The van der Waals surface area contributed by atoms with Gasteiger partial charge in [-0.15, -0.1) is 0 Å². The fraction of sp³-hybridized carbons (Fsp3) is 0.889. The van der Waals surface area contributed by atoms with Gasteiger partial charge in [-0.1, -0.05) is 19.3 Å². The third kappa shape index (κ3) is 6.40. The number of carbonyl (C=O) groups excluding carboxylic acids is 2. The van der Waals surface area contributed by atoms with Crippen LogP contribution in [0.4, 0.5) is 4.79 Å². The van der Waals surface area contributed by atoms with Crippen molar-refractivity contribution in [1.29, 1.82) is 0 Å². The molecule has 23 heavy (non-hydrogen) atoms. The number of rotatable bonds is 3. The van der Waals surface area contributed by atoms with E-state index in [1.807, 2.05) is 20.8 Å². The molecule has 0 aromatic carbocycles. The maximum atomic E-state index is 12.2. The Bertz CT molecular complexity index is 411. The van der Waals surface area contributed by atoms with Gasteiger partial charge in [-0.2, -0.15) is 0 Å². The molecule has 2 fully saturated rings. The van der Waals surface area contributed by atoms with Gasteiger partial charge in [0.05, 0.1) is 0 Å². The maximum Gasteiger partial charge on any atom is 0.410 e. The van der Waals surface area contributed by atoms with Crippen LogP contribution >= 0.6 is 0 Å². The highest BCUT2D eigenvalue weighted by Crippen LogP contribution is 2.23. The lowest BCUT2D eigenvalue weighted by atomic mass is 9.93. The Balaban J connectivity index is 1.76. The number of piperidine rings is 1. The molecule has 1 aliphatic carbocycles. The highest BCUT2D eigenvalue weighted by atomic mass is 16.6. The van der Waals surface area contributed by atoms with Crippen LogP contribution in [0.25, 0.3) is 0 Å². The summed E-state index contributed by atoms with van der Waals surface area (Å²) in [4.78, 5) is 26.2. The first-order chi connectivity index (χ1) is 10.8. The van der Waals surface area contributed by atoms with Crippen LogP contribution in [0.2, 0.25) is 0 Å². The molecule has 132 valence electrons. The predicted molar refractivity (Wildman–Crippen MR) is 90.2 cm³/mol. The molecule has 2 rings (SSSR count). The summed E-state index contributed by atoms with van der Waals surface area (Å²) in [5.41, 5.74) is -0.470. The van der Waals surface area contributed by atoms with E-state index >= 15 is 0 Å². The summed E-state index contributed by atoms with van der Waals surface area (Å²) in [5.74, 6) is 0.396. The van der Waals surface area contributed by atoms with Gasteiger partial charge in [0, 0.05) is 25.6 Å². The summed E-state index contributed by atoms with van der Waals surface area (Å²) in [6.07, 6.45) is 8.19. The first kappa shape index (κ1) is 18.1. The molecule has 1 unspecified atom stereocenters. The normalized spacial score (nSPS) is 23.4. The molecule has 0 aromatic heterocycles. The monoisotopic (exact) mass is 324 g/mol. The van der Waals surface area contributed by atoms with Crippen molar-refractivity contribution in [3.05, 3.63) is 0 Å². The summed E-state index contributed by atoms with van der Waals surface area (Å²) in [6.45, 7) is 7.00. The van der Waals surface area contributed by atoms with Gasteiger partial charge in [0.15, 0.2) is 0 Å². The van der Waals surface area contributed by atoms with Crippen LogP contribution in [0.1, 0.15) is 72.1 Å². The molecule has 5 nitrogen and oxygen atoms in total. The Morgan fingerprint density at radius 1 is 1.09 bits per heavy atom. The smallest absolute Gasteiger partial charge is 0.410 e. The zero-order valence-corrected chi connectivity index (χ0v) is 14.9. The average molecular weight is 324 g/mol. The molecule has 1 saturated carbocycles. The molecule has 2 aliphatic rings. The van der Waals surface area contributed by atoms with Crippen LogP contribution in [0.15, 0.2) is 0 Å². The molecule has 1 N–H and O–H groups in total. The van der Waals surface area contributed by atoms with Crippen molar-refractivity contribution in [3.8, 4) is 0 Å². The Labute approximate surface area is 140 Å². The second kappa shape index (κ2) is 8.02. The molecule has 0 aromatic rings. The molecule has 1 saturated heterocycles. The van der Waals surface area contributed by atoms with E-state index in [9.17, 15) is 9.59 Å². The number of likely N-dealkylation sites (tertiary alicyclic amines) is 1. The Kier molecular flexibility index (Phi) is 6.31. The predicted octanol–water partition coefficient (Wildman–Crippen LogP) is 3.47. The van der Waals surface area contributed by atoms with Crippen molar-refractivity contribution in [2.24, 2.45) is 5.92 Å². The summed E-state index contributed by atoms with van der Waals surface area (Å²) >= 11 is 0. The standard InChI is InChI=1S/C18H32N2O3/c1-18(2,3)23-17(22)20-11-7-8-14(13-20)12-16(21)19-15-9-5-4-6-10-15/h14-15H,4-13H2,1-3H3,(H,19,21). The van der Waals surface area contributed by atoms with Crippen molar-refractivity contribution < 1.29 is 14.3 Å². The third-order valence-electron chi connectivity index (χ3n) is 4.62. The van der Waals surface area contributed by atoms with E-state index in [0.29, 0.717) is 19.0 Å². The maximum absolute atomic E-state index is 12.2. The van der Waals surface area contributed by atoms with Gasteiger partial charge in [-0.25, -0.2) is 4.79 Å². The Hall–Kier alpha value is -1.26. The van der Waals surface area contributed by atoms with Crippen LogP contribution in [0.3, 0.4) is 0 Å². The van der Waals surface area contributed by atoms with Gasteiger partial charge in [0.1, 0.15) is 5.60 Å². The summed E-state index contributed by atoms with van der Waals surface area (Å²) < 4.78 is 5.44. The van der Waals surface area contributed by atoms with Crippen molar-refractivity contribution in [2.45, 2.75) is 83.8 Å². The summed E-state index contributed by atoms with van der Waals surface area (Å²) in [6, 6.07) is 0.363. The van der Waals surface area contributed by atoms with E-state index in [2.05, 4.69) is 5.32 Å². The van der Waals surface area contributed by atoms with E-state index < -0.39 is 5.60 Å². The first-order valence-electron chi connectivity index (χ1n) is 9.11. The molecule has 1 aliphatic heterocycles. The topological polar surface area (TPSA) is 58.6 Å². The van der Waals surface area contributed by atoms with Crippen molar-refractivity contribution in [2.75, 3.05) is 13.1 Å². The average Bonchev–Trinajstić information content (AvgIpc) is 2.46. The molecule has 1 atom stereocenters. The van der Waals surface area contributed by atoms with Gasteiger partial charge in [-0.3, -0.25) is 4.79 Å². The van der Waals surface area contributed by atoms with Crippen LogP contribution in [-0.4, -0.2) is 41.6 Å². The third-order valence-corrected chi connectivity index (χ3v) is 4.62. The van der Waals surface area contributed by atoms with Gasteiger partial charge < -0.3 is 15.0 Å². The Morgan fingerprint density at radius 3 is 2.43 bits per heavy atom. The minimum absolute atomic E-state index is 0.146. The number of hydrogen-bond donors (Lipinski definition) is 1. The van der Waals surface area contributed by atoms with Crippen LogP contribution in [-0.2, 0) is 9.53 Å². The lowest BCUT2D eigenvalue weighted by Crippen LogP contribution is -2.44. The van der Waals surface area contributed by atoms with E-state index in [0.717, 1.165) is 32.2 Å². The van der Waals surface area contributed by atoms with E-state index in [-0.39, 0.29) is 17.9 Å². The van der Waals surface area contributed by atoms with Crippen molar-refractivity contribution >= 4 is 12.0 Å². The zero-order valence-electron chi connectivity index (χ0n) is 14.9. The number of hydrogen-bond acceptors (Lipinski definition) is 3. The number of nitrogens with zero attached hydrogens (tertiary/aromatic N) is 1. The Morgan fingerprint density at radius 2 is 1.78 bits per heavy atom. The number of nitrogens with one attached hydrogen (secondary N) is 1. The molecule has 0 bridgehead atoms. The molecule has 2 amide bonds. The number of carbonyl (C=O) groups is 2. The fourth-order valence-corrected chi connectivity index (χ4v) is 3.52. The highest BCUT2D eigenvalue weighted by Gasteiger charge is 2.29. The zero-order chi connectivity index (χ0) is 16.9. The van der Waals surface area contributed by atoms with Gasteiger partial charge in [0.2, 0.25) is 5.91 Å².